The first-order valence-electron chi connectivity index (χ1n) is 4.99. The Hall–Kier alpha value is -1.78. The van der Waals surface area contributed by atoms with Crippen LogP contribution in [0.25, 0.3) is 0 Å². The van der Waals surface area contributed by atoms with Crippen molar-refractivity contribution in [3.8, 4) is 6.07 Å². The van der Waals surface area contributed by atoms with Crippen LogP contribution in [0, 0.1) is 16.7 Å². The summed E-state index contributed by atoms with van der Waals surface area (Å²) in [6, 6.07) is 1.86. The maximum absolute atomic E-state index is 9.09. The summed E-state index contributed by atoms with van der Waals surface area (Å²) >= 11 is 0.383. The number of nitrogens with zero attached hydrogens (tertiary/aromatic N) is 4. The molecule has 0 saturated carbocycles. The van der Waals surface area contributed by atoms with Crippen LogP contribution in [0.3, 0.4) is 0 Å². The van der Waals surface area contributed by atoms with Gasteiger partial charge in [-0.1, -0.05) is 16.6 Å². The van der Waals surface area contributed by atoms with Crippen LogP contribution in [0.5, 0.6) is 0 Å². The van der Waals surface area contributed by atoms with E-state index in [1.54, 1.807) is 0 Å². The Morgan fingerprint density at radius 1 is 1.59 bits per heavy atom. The molecule has 0 saturated heterocycles. The minimum atomic E-state index is -0.0446. The number of rotatable bonds is 2. The van der Waals surface area contributed by atoms with Crippen LogP contribution in [0.1, 0.15) is 20.3 Å². The van der Waals surface area contributed by atoms with Gasteiger partial charge in [0.1, 0.15) is 6.07 Å². The third-order valence-electron chi connectivity index (χ3n) is 2.58. The third kappa shape index (κ3) is 1.62. The standard InChI is InChI=1S/C10H9N5OS/c1-3-6-5(2)14-15-8(12)7(4-11)10(17-16)13-9(6)15/h12H,3H2,1-2H3/p+1. The maximum atomic E-state index is 9.09. The smallest absolute Gasteiger partial charge is 0.301 e. The molecule has 2 rings (SSSR count). The SMILES string of the molecule is CCC1=C(C)N=[N+]2C(=N)C(C#N)=C(SO)N=C12. The van der Waals surface area contributed by atoms with E-state index in [0.29, 0.717) is 17.9 Å². The van der Waals surface area contributed by atoms with Crippen molar-refractivity contribution in [3.63, 3.8) is 0 Å². The Morgan fingerprint density at radius 2 is 2.29 bits per heavy atom. The Kier molecular flexibility index (Phi) is 2.92. The number of allylic oxidation sites excluding steroid dienone is 1. The predicted octanol–water partition coefficient (Wildman–Crippen LogP) is 2.48. The van der Waals surface area contributed by atoms with Crippen LogP contribution in [-0.2, 0) is 0 Å². The van der Waals surface area contributed by atoms with E-state index in [4.69, 9.17) is 15.2 Å². The number of amidine groups is 2. The highest BCUT2D eigenvalue weighted by Gasteiger charge is 2.39. The fourth-order valence-corrected chi connectivity index (χ4v) is 2.12. The molecule has 7 heteroatoms. The second-order valence-corrected chi connectivity index (χ2v) is 4.07. The zero-order valence-electron chi connectivity index (χ0n) is 9.35. The predicted molar refractivity (Wildman–Crippen MR) is 63.7 cm³/mol. The minimum Gasteiger partial charge on any atom is -0.323 e. The third-order valence-corrected chi connectivity index (χ3v) is 3.05. The van der Waals surface area contributed by atoms with E-state index < -0.39 is 0 Å². The molecule has 0 spiro atoms. The first kappa shape index (κ1) is 11.7. The van der Waals surface area contributed by atoms with Gasteiger partial charge in [0, 0.05) is 0 Å². The van der Waals surface area contributed by atoms with Gasteiger partial charge in [0.25, 0.3) is 5.84 Å². The van der Waals surface area contributed by atoms with Gasteiger partial charge in [-0.15, -0.1) is 5.11 Å². The fourth-order valence-electron chi connectivity index (χ4n) is 1.76. The van der Waals surface area contributed by atoms with Gasteiger partial charge in [-0.3, -0.25) is 0 Å². The highest BCUT2D eigenvalue weighted by molar-refractivity contribution is 7.97. The van der Waals surface area contributed by atoms with Gasteiger partial charge in [-0.25, -0.2) is 0 Å². The molecule has 2 heterocycles. The molecule has 0 aromatic carbocycles. The van der Waals surface area contributed by atoms with Gasteiger partial charge in [0.2, 0.25) is 5.03 Å². The van der Waals surface area contributed by atoms with Crippen LogP contribution >= 0.6 is 12.0 Å². The number of nitrogens with one attached hydrogen (secondary N) is 1. The van der Waals surface area contributed by atoms with Gasteiger partial charge in [0.05, 0.1) is 23.3 Å². The molecule has 0 unspecified atom stereocenters. The molecule has 0 aromatic heterocycles. The van der Waals surface area contributed by atoms with E-state index >= 15 is 0 Å². The molecule has 2 aliphatic heterocycles. The second-order valence-electron chi connectivity index (χ2n) is 3.50. The number of nitriles is 1. The lowest BCUT2D eigenvalue weighted by molar-refractivity contribution is -0.348. The first-order chi connectivity index (χ1) is 8.13. The summed E-state index contributed by atoms with van der Waals surface area (Å²) in [6.07, 6.45) is 0.739. The van der Waals surface area contributed by atoms with Gasteiger partial charge in [-0.2, -0.15) is 10.7 Å². The van der Waals surface area contributed by atoms with Gasteiger partial charge in [0.15, 0.2) is 5.57 Å². The average Bonchev–Trinajstić information content (AvgIpc) is 2.65. The number of azo groups is 2. The molecule has 2 N–H and O–H groups in total. The lowest BCUT2D eigenvalue weighted by Gasteiger charge is -2.07. The molecule has 0 aromatic rings. The van der Waals surface area contributed by atoms with Crippen molar-refractivity contribution in [1.82, 2.24) is 0 Å². The van der Waals surface area contributed by atoms with Crippen molar-refractivity contribution >= 4 is 23.7 Å². The highest BCUT2D eigenvalue weighted by atomic mass is 32.2. The minimum absolute atomic E-state index is 0.0372. The Morgan fingerprint density at radius 3 is 2.82 bits per heavy atom. The van der Waals surface area contributed by atoms with Crippen molar-refractivity contribution in [2.75, 3.05) is 0 Å². The number of hydrogen-bond acceptors (Lipinski definition) is 6. The largest absolute Gasteiger partial charge is 0.323 e. The van der Waals surface area contributed by atoms with Crippen molar-refractivity contribution in [2.45, 2.75) is 20.3 Å². The van der Waals surface area contributed by atoms with E-state index in [2.05, 4.69) is 10.1 Å². The Balaban J connectivity index is 2.62. The zero-order valence-corrected chi connectivity index (χ0v) is 10.2. The lowest BCUT2D eigenvalue weighted by atomic mass is 10.1. The Labute approximate surface area is 102 Å². The summed E-state index contributed by atoms with van der Waals surface area (Å²) in [4.78, 5) is 4.19. The van der Waals surface area contributed by atoms with Crippen molar-refractivity contribution in [3.05, 3.63) is 21.9 Å². The second kappa shape index (κ2) is 4.24. The van der Waals surface area contributed by atoms with Crippen LogP contribution in [0.15, 0.2) is 32.0 Å². The van der Waals surface area contributed by atoms with E-state index in [-0.39, 0.29) is 16.4 Å². The summed E-state index contributed by atoms with van der Waals surface area (Å²) in [7, 11) is 0. The topological polar surface area (TPSA) is 95.6 Å². The van der Waals surface area contributed by atoms with Crippen LogP contribution < -0.4 is 0 Å². The van der Waals surface area contributed by atoms with E-state index in [9.17, 15) is 0 Å². The molecule has 0 bridgehead atoms. The number of aliphatic imine (C=N–C) groups is 1. The molecule has 0 aliphatic carbocycles. The number of hydrogen-bond donors (Lipinski definition) is 2. The van der Waals surface area contributed by atoms with Crippen LogP contribution in [0.4, 0.5) is 0 Å². The molecular weight excluding hydrogens is 238 g/mol. The quantitative estimate of drug-likeness (QED) is 0.580. The summed E-state index contributed by atoms with van der Waals surface area (Å²) in [5.41, 5.74) is 1.76. The summed E-state index contributed by atoms with van der Waals surface area (Å²) < 4.78 is 10.4. The van der Waals surface area contributed by atoms with Crippen LogP contribution in [-0.4, -0.2) is 20.9 Å². The first-order valence-corrected chi connectivity index (χ1v) is 5.76. The zero-order chi connectivity index (χ0) is 12.6. The summed E-state index contributed by atoms with van der Waals surface area (Å²) in [5.74, 6) is 0.488. The van der Waals surface area contributed by atoms with E-state index in [0.717, 1.165) is 17.7 Å². The van der Waals surface area contributed by atoms with E-state index in [1.165, 1.54) is 4.70 Å². The average molecular weight is 248 g/mol. The normalized spacial score (nSPS) is 19.1. The highest BCUT2D eigenvalue weighted by Crippen LogP contribution is 2.30. The number of fused-ring (bicyclic) bond motifs is 1. The fraction of sp³-hybridized carbons (Fsp3) is 0.300. The molecule has 0 radical (unpaired) electrons. The molecular formula is C10H10N5OS+. The van der Waals surface area contributed by atoms with Gasteiger partial charge >= 0.3 is 5.84 Å². The van der Waals surface area contributed by atoms with Crippen LogP contribution in [0.2, 0.25) is 0 Å². The van der Waals surface area contributed by atoms with Crippen molar-refractivity contribution in [1.29, 1.82) is 10.7 Å². The molecule has 0 atom stereocenters. The van der Waals surface area contributed by atoms with Gasteiger partial charge < -0.3 is 4.55 Å². The van der Waals surface area contributed by atoms with Crippen molar-refractivity contribution < 1.29 is 9.25 Å². The lowest BCUT2D eigenvalue weighted by Crippen LogP contribution is -2.29. The molecule has 0 fully saturated rings. The molecule has 2 aliphatic rings. The van der Waals surface area contributed by atoms with E-state index in [1.807, 2.05) is 19.9 Å². The van der Waals surface area contributed by atoms with Gasteiger partial charge in [-0.05, 0) is 13.3 Å². The monoisotopic (exact) mass is 248 g/mol. The molecule has 86 valence electrons. The van der Waals surface area contributed by atoms with Crippen molar-refractivity contribution in [2.24, 2.45) is 10.1 Å². The molecule has 0 amide bonds. The summed E-state index contributed by atoms with van der Waals surface area (Å²) in [5, 5.41) is 21.2. The summed E-state index contributed by atoms with van der Waals surface area (Å²) in [6.45, 7) is 3.81. The maximum Gasteiger partial charge on any atom is 0.301 e. The molecule has 6 nitrogen and oxygen atoms in total. The Bertz CT molecular complexity index is 576. The molecule has 17 heavy (non-hydrogen) atoms.